The molecular weight excluding hydrogens is 404 g/mol. The normalized spacial score (nSPS) is 18.4. The Labute approximate surface area is 187 Å². The zero-order valence-corrected chi connectivity index (χ0v) is 18.2. The summed E-state index contributed by atoms with van der Waals surface area (Å²) in [5.74, 6) is 0.808. The van der Waals surface area contributed by atoms with E-state index in [1.165, 1.54) is 5.56 Å². The molecule has 1 aromatic heterocycles. The molecule has 8 heteroatoms. The summed E-state index contributed by atoms with van der Waals surface area (Å²) in [5.41, 5.74) is 3.31. The summed E-state index contributed by atoms with van der Waals surface area (Å²) in [5, 5.41) is 14.7. The van der Waals surface area contributed by atoms with Crippen LogP contribution in [0, 0.1) is 6.92 Å². The zero-order chi connectivity index (χ0) is 22.3. The third-order valence-corrected chi connectivity index (χ3v) is 5.71. The monoisotopic (exact) mass is 432 g/mol. The van der Waals surface area contributed by atoms with Crippen LogP contribution in [0.15, 0.2) is 67.5 Å². The van der Waals surface area contributed by atoms with Crippen LogP contribution in [0.4, 0.5) is 0 Å². The summed E-state index contributed by atoms with van der Waals surface area (Å²) < 4.78 is 7.56. The van der Waals surface area contributed by atoms with Gasteiger partial charge < -0.3 is 10.1 Å². The molecule has 3 aromatic rings. The Balaban J connectivity index is 1.49. The number of benzene rings is 2. The topological polar surface area (TPSA) is 85.2 Å². The quantitative estimate of drug-likeness (QED) is 0.524. The lowest BCUT2D eigenvalue weighted by atomic mass is 10.1. The molecule has 0 aliphatic carbocycles. The first-order chi connectivity index (χ1) is 15.6. The lowest BCUT2D eigenvalue weighted by Gasteiger charge is -2.24. The standard InChI is InChI=1S/C24H28N6O2/c1-3-12-32-23-7-5-4-6-20(23)15-29-16-21(30-17-26-27-28-30)13-22(29)24(31)25-14-19-10-8-18(2)9-11-19/h3-11,17,21-22H,1,12-16H2,2H3,(H,25,31)/t21-,22+/m1/s1. The maximum absolute atomic E-state index is 13.2. The van der Waals surface area contributed by atoms with Crippen LogP contribution >= 0.6 is 0 Å². The number of aryl methyl sites for hydroxylation is 1. The second-order valence-corrected chi connectivity index (χ2v) is 8.04. The van der Waals surface area contributed by atoms with Gasteiger partial charge in [0.2, 0.25) is 5.91 Å². The van der Waals surface area contributed by atoms with E-state index >= 15 is 0 Å². The minimum atomic E-state index is -0.290. The first-order valence-corrected chi connectivity index (χ1v) is 10.8. The fourth-order valence-corrected chi connectivity index (χ4v) is 4.01. The Bertz CT molecular complexity index is 1030. The number of carbonyl (C=O) groups excluding carboxylic acids is 1. The fourth-order valence-electron chi connectivity index (χ4n) is 4.01. The second-order valence-electron chi connectivity index (χ2n) is 8.04. The number of amides is 1. The van der Waals surface area contributed by atoms with Crippen LogP contribution in [0.3, 0.4) is 0 Å². The molecule has 1 amide bonds. The van der Waals surface area contributed by atoms with Crippen molar-refractivity contribution >= 4 is 5.91 Å². The molecular formula is C24H28N6O2. The number of nitrogens with zero attached hydrogens (tertiary/aromatic N) is 5. The van der Waals surface area contributed by atoms with Crippen molar-refractivity contribution in [2.24, 2.45) is 0 Å². The number of likely N-dealkylation sites (tertiary alicyclic amines) is 1. The maximum Gasteiger partial charge on any atom is 0.237 e. The molecule has 4 rings (SSSR count). The van der Waals surface area contributed by atoms with Crippen LogP contribution in [0.1, 0.15) is 29.2 Å². The molecule has 0 unspecified atom stereocenters. The Morgan fingerprint density at radius 1 is 1.25 bits per heavy atom. The van der Waals surface area contributed by atoms with E-state index in [0.29, 0.717) is 32.7 Å². The van der Waals surface area contributed by atoms with E-state index in [1.54, 1.807) is 17.1 Å². The highest BCUT2D eigenvalue weighted by Gasteiger charge is 2.38. The van der Waals surface area contributed by atoms with Gasteiger partial charge in [-0.1, -0.05) is 60.7 Å². The molecule has 1 saturated heterocycles. The largest absolute Gasteiger partial charge is 0.489 e. The molecule has 2 atom stereocenters. The molecule has 32 heavy (non-hydrogen) atoms. The lowest BCUT2D eigenvalue weighted by Crippen LogP contribution is -2.42. The number of hydrogen-bond acceptors (Lipinski definition) is 6. The zero-order valence-electron chi connectivity index (χ0n) is 18.2. The van der Waals surface area contributed by atoms with Gasteiger partial charge in [-0.05, 0) is 35.4 Å². The number of ether oxygens (including phenoxy) is 1. The van der Waals surface area contributed by atoms with Crippen LogP contribution < -0.4 is 10.1 Å². The number of tetrazole rings is 1. The van der Waals surface area contributed by atoms with Crippen molar-refractivity contribution in [3.63, 3.8) is 0 Å². The SMILES string of the molecule is C=CCOc1ccccc1CN1C[C@H](n2cnnn2)C[C@H]1C(=O)NCc1ccc(C)cc1. The smallest absolute Gasteiger partial charge is 0.237 e. The van der Waals surface area contributed by atoms with E-state index in [2.05, 4.69) is 51.4 Å². The molecule has 0 saturated carbocycles. The second kappa shape index (κ2) is 10.2. The molecule has 2 aromatic carbocycles. The fraction of sp³-hybridized carbons (Fsp3) is 0.333. The Morgan fingerprint density at radius 2 is 2.06 bits per heavy atom. The van der Waals surface area contributed by atoms with Gasteiger partial charge in [0.1, 0.15) is 18.7 Å². The van der Waals surface area contributed by atoms with Crippen molar-refractivity contribution in [3.8, 4) is 5.75 Å². The van der Waals surface area contributed by atoms with Crippen molar-refractivity contribution < 1.29 is 9.53 Å². The summed E-state index contributed by atoms with van der Waals surface area (Å²) in [7, 11) is 0. The number of carbonyl (C=O) groups is 1. The maximum atomic E-state index is 13.2. The molecule has 1 N–H and O–H groups in total. The van der Waals surface area contributed by atoms with Gasteiger partial charge in [-0.15, -0.1) is 5.10 Å². The number of para-hydroxylation sites is 1. The Morgan fingerprint density at radius 3 is 2.81 bits per heavy atom. The van der Waals surface area contributed by atoms with Crippen molar-refractivity contribution in [2.45, 2.75) is 38.5 Å². The number of hydrogen-bond donors (Lipinski definition) is 1. The molecule has 1 aliphatic rings. The Kier molecular flexibility index (Phi) is 6.91. The first kappa shape index (κ1) is 21.7. The molecule has 1 aliphatic heterocycles. The van der Waals surface area contributed by atoms with E-state index in [1.807, 2.05) is 36.4 Å². The molecule has 0 spiro atoms. The highest BCUT2D eigenvalue weighted by molar-refractivity contribution is 5.82. The van der Waals surface area contributed by atoms with Crippen molar-refractivity contribution in [3.05, 3.63) is 84.2 Å². The van der Waals surface area contributed by atoms with E-state index in [9.17, 15) is 4.79 Å². The van der Waals surface area contributed by atoms with E-state index in [-0.39, 0.29) is 18.0 Å². The predicted molar refractivity (Wildman–Crippen MR) is 121 cm³/mol. The van der Waals surface area contributed by atoms with Crippen molar-refractivity contribution in [1.82, 2.24) is 30.4 Å². The van der Waals surface area contributed by atoms with Gasteiger partial charge in [-0.2, -0.15) is 0 Å². The van der Waals surface area contributed by atoms with Crippen LogP contribution in [0.2, 0.25) is 0 Å². The highest BCUT2D eigenvalue weighted by atomic mass is 16.5. The third-order valence-electron chi connectivity index (χ3n) is 5.71. The third kappa shape index (κ3) is 5.20. The van der Waals surface area contributed by atoms with Gasteiger partial charge in [0.25, 0.3) is 0 Å². The summed E-state index contributed by atoms with van der Waals surface area (Å²) in [4.78, 5) is 15.4. The van der Waals surface area contributed by atoms with E-state index < -0.39 is 0 Å². The average molecular weight is 433 g/mol. The number of rotatable bonds is 9. The molecule has 0 radical (unpaired) electrons. The van der Waals surface area contributed by atoms with E-state index in [4.69, 9.17) is 4.74 Å². The Hall–Kier alpha value is -3.52. The molecule has 1 fully saturated rings. The summed E-state index contributed by atoms with van der Waals surface area (Å²) >= 11 is 0. The number of aromatic nitrogens is 4. The van der Waals surface area contributed by atoms with Gasteiger partial charge in [-0.25, -0.2) is 4.68 Å². The molecule has 8 nitrogen and oxygen atoms in total. The predicted octanol–water partition coefficient (Wildman–Crippen LogP) is 2.68. The first-order valence-electron chi connectivity index (χ1n) is 10.8. The molecule has 166 valence electrons. The summed E-state index contributed by atoms with van der Waals surface area (Å²) in [6, 6.07) is 15.8. The summed E-state index contributed by atoms with van der Waals surface area (Å²) in [6.07, 6.45) is 3.97. The lowest BCUT2D eigenvalue weighted by molar-refractivity contribution is -0.125. The van der Waals surface area contributed by atoms with Crippen LogP contribution in [-0.4, -0.2) is 50.2 Å². The van der Waals surface area contributed by atoms with Gasteiger partial charge >= 0.3 is 0 Å². The van der Waals surface area contributed by atoms with Gasteiger partial charge in [-0.3, -0.25) is 9.69 Å². The summed E-state index contributed by atoms with van der Waals surface area (Å²) in [6.45, 7) is 7.97. The van der Waals surface area contributed by atoms with Gasteiger partial charge in [0.15, 0.2) is 0 Å². The van der Waals surface area contributed by atoms with Gasteiger partial charge in [0.05, 0.1) is 12.1 Å². The van der Waals surface area contributed by atoms with Crippen molar-refractivity contribution in [2.75, 3.05) is 13.2 Å². The molecule has 0 bridgehead atoms. The highest BCUT2D eigenvalue weighted by Crippen LogP contribution is 2.30. The van der Waals surface area contributed by atoms with Gasteiger partial charge in [0, 0.05) is 25.2 Å². The van der Waals surface area contributed by atoms with Crippen molar-refractivity contribution in [1.29, 1.82) is 0 Å². The van der Waals surface area contributed by atoms with Crippen LogP contribution in [0.25, 0.3) is 0 Å². The van der Waals surface area contributed by atoms with E-state index in [0.717, 1.165) is 16.9 Å². The number of nitrogens with one attached hydrogen (secondary N) is 1. The van der Waals surface area contributed by atoms with Crippen LogP contribution in [0.5, 0.6) is 5.75 Å². The minimum Gasteiger partial charge on any atom is -0.489 e. The average Bonchev–Trinajstić information content (AvgIpc) is 3.48. The minimum absolute atomic E-state index is 0.00522. The van der Waals surface area contributed by atoms with Crippen LogP contribution in [-0.2, 0) is 17.9 Å². The molecule has 2 heterocycles.